The van der Waals surface area contributed by atoms with Crippen LogP contribution in [-0.2, 0) is 0 Å². The van der Waals surface area contributed by atoms with Gasteiger partial charge in [-0.3, -0.25) is 9.78 Å². The second-order valence-electron chi connectivity index (χ2n) is 8.02. The van der Waals surface area contributed by atoms with Crippen LogP contribution in [0.3, 0.4) is 0 Å². The standard InChI is InChI=1S/C22H30N6O/c1-25-7-11-27(12-8-25)21-5-3-19(4-6-21)24-20-15-18(16-23-17-20)22(29)28-13-9-26(2)10-14-28/h3-6,15-17,24H,7-14H2,1-2H3. The van der Waals surface area contributed by atoms with Crippen molar-refractivity contribution in [3.05, 3.63) is 48.3 Å². The Bertz CT molecular complexity index is 823. The van der Waals surface area contributed by atoms with Crippen molar-refractivity contribution in [1.29, 1.82) is 0 Å². The molecule has 0 radical (unpaired) electrons. The number of carbonyl (C=O) groups is 1. The van der Waals surface area contributed by atoms with Crippen molar-refractivity contribution in [3.63, 3.8) is 0 Å². The lowest BCUT2D eigenvalue weighted by atomic mass is 10.2. The molecule has 2 aromatic rings. The maximum atomic E-state index is 12.8. The van der Waals surface area contributed by atoms with Gasteiger partial charge in [0, 0.05) is 69.9 Å². The minimum Gasteiger partial charge on any atom is -0.369 e. The normalized spacial score (nSPS) is 18.7. The third-order valence-corrected chi connectivity index (χ3v) is 5.80. The van der Waals surface area contributed by atoms with Crippen molar-refractivity contribution in [2.45, 2.75) is 0 Å². The zero-order valence-electron chi connectivity index (χ0n) is 17.3. The van der Waals surface area contributed by atoms with Gasteiger partial charge in [0.15, 0.2) is 0 Å². The van der Waals surface area contributed by atoms with E-state index in [0.29, 0.717) is 5.56 Å². The summed E-state index contributed by atoms with van der Waals surface area (Å²) in [5, 5.41) is 3.38. The van der Waals surface area contributed by atoms with Gasteiger partial charge in [-0.25, -0.2) is 0 Å². The highest BCUT2D eigenvalue weighted by molar-refractivity contribution is 5.95. The van der Waals surface area contributed by atoms with E-state index in [1.165, 1.54) is 5.69 Å². The Morgan fingerprint density at radius 3 is 2.10 bits per heavy atom. The second kappa shape index (κ2) is 8.80. The lowest BCUT2D eigenvalue weighted by Crippen LogP contribution is -2.47. The summed E-state index contributed by atoms with van der Waals surface area (Å²) < 4.78 is 0. The van der Waals surface area contributed by atoms with Crippen molar-refractivity contribution in [2.24, 2.45) is 0 Å². The van der Waals surface area contributed by atoms with Crippen LogP contribution in [0.1, 0.15) is 10.4 Å². The molecule has 2 aliphatic rings. The first-order valence-electron chi connectivity index (χ1n) is 10.3. The first kappa shape index (κ1) is 19.7. The summed E-state index contributed by atoms with van der Waals surface area (Å²) in [6.07, 6.45) is 3.41. The maximum absolute atomic E-state index is 12.8. The number of anilines is 3. The van der Waals surface area contributed by atoms with Crippen molar-refractivity contribution in [1.82, 2.24) is 19.7 Å². The maximum Gasteiger partial charge on any atom is 0.255 e. The molecular weight excluding hydrogens is 364 g/mol. The van der Waals surface area contributed by atoms with Gasteiger partial charge in [0.05, 0.1) is 17.4 Å². The molecule has 7 heteroatoms. The number of hydrogen-bond donors (Lipinski definition) is 1. The first-order valence-corrected chi connectivity index (χ1v) is 10.3. The van der Waals surface area contributed by atoms with Gasteiger partial charge in [-0.15, -0.1) is 0 Å². The fourth-order valence-electron chi connectivity index (χ4n) is 3.80. The molecular formula is C22H30N6O. The number of amides is 1. The number of carbonyl (C=O) groups excluding carboxylic acids is 1. The molecule has 7 nitrogen and oxygen atoms in total. The summed E-state index contributed by atoms with van der Waals surface area (Å²) in [5.41, 5.74) is 3.71. The predicted octanol–water partition coefficient (Wildman–Crippen LogP) is 1.96. The van der Waals surface area contributed by atoms with Crippen LogP contribution < -0.4 is 10.2 Å². The van der Waals surface area contributed by atoms with Gasteiger partial charge in [0.25, 0.3) is 5.91 Å². The predicted molar refractivity (Wildman–Crippen MR) is 117 cm³/mol. The molecule has 0 spiro atoms. The second-order valence-corrected chi connectivity index (χ2v) is 8.02. The molecule has 154 valence electrons. The molecule has 0 bridgehead atoms. The molecule has 2 fully saturated rings. The van der Waals surface area contributed by atoms with Gasteiger partial charge in [-0.05, 0) is 44.4 Å². The van der Waals surface area contributed by atoms with E-state index in [1.54, 1.807) is 12.4 Å². The third-order valence-electron chi connectivity index (χ3n) is 5.80. The van der Waals surface area contributed by atoms with Gasteiger partial charge in [-0.1, -0.05) is 0 Å². The first-order chi connectivity index (χ1) is 14.1. The Balaban J connectivity index is 1.39. The fraction of sp³-hybridized carbons (Fsp3) is 0.455. The zero-order valence-corrected chi connectivity index (χ0v) is 17.3. The van der Waals surface area contributed by atoms with Crippen LogP contribution in [0.25, 0.3) is 0 Å². The molecule has 29 heavy (non-hydrogen) atoms. The average molecular weight is 395 g/mol. The van der Waals surface area contributed by atoms with Crippen LogP contribution in [0.4, 0.5) is 17.1 Å². The average Bonchev–Trinajstić information content (AvgIpc) is 2.75. The number of nitrogens with one attached hydrogen (secondary N) is 1. The number of hydrogen-bond acceptors (Lipinski definition) is 6. The van der Waals surface area contributed by atoms with E-state index in [1.807, 2.05) is 11.0 Å². The summed E-state index contributed by atoms with van der Waals surface area (Å²) in [6.45, 7) is 7.67. The highest BCUT2D eigenvalue weighted by Gasteiger charge is 2.21. The van der Waals surface area contributed by atoms with Crippen LogP contribution in [-0.4, -0.2) is 92.0 Å². The SMILES string of the molecule is CN1CCN(C(=O)c2cncc(Nc3ccc(N4CCN(C)CC4)cc3)c2)CC1. The molecule has 4 rings (SSSR count). The molecule has 0 saturated carbocycles. The number of benzene rings is 1. The van der Waals surface area contributed by atoms with Crippen molar-refractivity contribution in [3.8, 4) is 0 Å². The molecule has 2 aliphatic heterocycles. The van der Waals surface area contributed by atoms with E-state index in [2.05, 4.69) is 63.4 Å². The highest BCUT2D eigenvalue weighted by atomic mass is 16.2. The Labute approximate surface area is 172 Å². The molecule has 0 unspecified atom stereocenters. The fourth-order valence-corrected chi connectivity index (χ4v) is 3.80. The van der Waals surface area contributed by atoms with Crippen LogP contribution in [0.15, 0.2) is 42.7 Å². The summed E-state index contributed by atoms with van der Waals surface area (Å²) in [4.78, 5) is 26.0. The minimum absolute atomic E-state index is 0.0552. The monoisotopic (exact) mass is 394 g/mol. The number of piperazine rings is 2. The van der Waals surface area contributed by atoms with E-state index in [-0.39, 0.29) is 5.91 Å². The Hall–Kier alpha value is -2.64. The Morgan fingerprint density at radius 1 is 0.828 bits per heavy atom. The highest BCUT2D eigenvalue weighted by Crippen LogP contribution is 2.22. The van der Waals surface area contributed by atoms with Crippen molar-refractivity contribution >= 4 is 23.0 Å². The smallest absolute Gasteiger partial charge is 0.255 e. The van der Waals surface area contributed by atoms with Gasteiger partial charge < -0.3 is 24.9 Å². The quantitative estimate of drug-likeness (QED) is 0.856. The van der Waals surface area contributed by atoms with E-state index in [9.17, 15) is 4.79 Å². The van der Waals surface area contributed by atoms with Crippen molar-refractivity contribution < 1.29 is 4.79 Å². The molecule has 1 aromatic carbocycles. The molecule has 1 N–H and O–H groups in total. The molecule has 0 aliphatic carbocycles. The van der Waals surface area contributed by atoms with E-state index in [4.69, 9.17) is 0 Å². The van der Waals surface area contributed by atoms with Gasteiger partial charge >= 0.3 is 0 Å². The summed E-state index contributed by atoms with van der Waals surface area (Å²) in [6, 6.07) is 10.4. The molecule has 1 amide bonds. The van der Waals surface area contributed by atoms with Gasteiger partial charge in [0.2, 0.25) is 0 Å². The van der Waals surface area contributed by atoms with Gasteiger partial charge in [-0.2, -0.15) is 0 Å². The van der Waals surface area contributed by atoms with Crippen LogP contribution in [0.2, 0.25) is 0 Å². The Kier molecular flexibility index (Phi) is 5.97. The third kappa shape index (κ3) is 4.86. The largest absolute Gasteiger partial charge is 0.369 e. The number of pyridine rings is 1. The van der Waals surface area contributed by atoms with Crippen LogP contribution in [0.5, 0.6) is 0 Å². The van der Waals surface area contributed by atoms with Crippen LogP contribution in [0, 0.1) is 0 Å². The van der Waals surface area contributed by atoms with Crippen LogP contribution >= 0.6 is 0 Å². The number of rotatable bonds is 4. The molecule has 2 saturated heterocycles. The van der Waals surface area contributed by atoms with E-state index in [0.717, 1.165) is 63.7 Å². The lowest BCUT2D eigenvalue weighted by molar-refractivity contribution is 0.0663. The number of aromatic nitrogens is 1. The van der Waals surface area contributed by atoms with Gasteiger partial charge in [0.1, 0.15) is 0 Å². The topological polar surface area (TPSA) is 55.0 Å². The van der Waals surface area contributed by atoms with E-state index >= 15 is 0 Å². The van der Waals surface area contributed by atoms with E-state index < -0.39 is 0 Å². The molecule has 3 heterocycles. The number of nitrogens with zero attached hydrogens (tertiary/aromatic N) is 5. The summed E-state index contributed by atoms with van der Waals surface area (Å²) >= 11 is 0. The summed E-state index contributed by atoms with van der Waals surface area (Å²) in [5.74, 6) is 0.0552. The Morgan fingerprint density at radius 2 is 1.45 bits per heavy atom. The number of likely N-dealkylation sites (N-methyl/N-ethyl adjacent to an activating group) is 2. The zero-order chi connectivity index (χ0) is 20.2. The molecule has 1 aromatic heterocycles. The van der Waals surface area contributed by atoms with Crippen molar-refractivity contribution in [2.75, 3.05) is 76.7 Å². The molecule has 0 atom stereocenters. The lowest BCUT2D eigenvalue weighted by Gasteiger charge is -2.34. The summed E-state index contributed by atoms with van der Waals surface area (Å²) in [7, 11) is 4.25. The minimum atomic E-state index is 0.0552.